The first-order chi connectivity index (χ1) is 7.08. The maximum Gasteiger partial charge on any atom is 0.390 e. The number of halogens is 3. The predicted molar refractivity (Wildman–Crippen MR) is 53.8 cm³/mol. The lowest BCUT2D eigenvalue weighted by atomic mass is 10.1. The van der Waals surface area contributed by atoms with Crippen molar-refractivity contribution in [2.75, 3.05) is 19.6 Å². The summed E-state index contributed by atoms with van der Waals surface area (Å²) in [5, 5.41) is 6.19. The molecule has 2 N–H and O–H groups in total. The van der Waals surface area contributed by atoms with Crippen LogP contribution < -0.4 is 10.6 Å². The van der Waals surface area contributed by atoms with E-state index < -0.39 is 12.6 Å². The fourth-order valence-electron chi connectivity index (χ4n) is 1.78. The highest BCUT2D eigenvalue weighted by atomic mass is 19.4. The molecular formula is C10H19F3N2. The van der Waals surface area contributed by atoms with Gasteiger partial charge in [-0.05, 0) is 19.4 Å². The number of hydrogen-bond acceptors (Lipinski definition) is 2. The summed E-state index contributed by atoms with van der Waals surface area (Å²) in [4.78, 5) is 0. The molecule has 0 spiro atoms. The van der Waals surface area contributed by atoms with E-state index in [1.807, 2.05) is 0 Å². The summed E-state index contributed by atoms with van der Waals surface area (Å²) >= 11 is 0. The highest BCUT2D eigenvalue weighted by Crippen LogP contribution is 2.18. The van der Waals surface area contributed by atoms with Gasteiger partial charge < -0.3 is 10.6 Å². The van der Waals surface area contributed by atoms with Crippen LogP contribution in [-0.4, -0.2) is 31.9 Å². The number of alkyl halides is 3. The minimum atomic E-state index is -4.04. The first kappa shape index (κ1) is 12.8. The standard InChI is InChI=1S/C10H19F3N2/c11-10(12,13)5-7-14-8-9-4-2-1-3-6-15-9/h9,14-15H,1-8H2. The molecule has 0 aromatic heterocycles. The van der Waals surface area contributed by atoms with Crippen molar-refractivity contribution in [2.45, 2.75) is 44.3 Å². The zero-order valence-corrected chi connectivity index (χ0v) is 8.87. The Morgan fingerprint density at radius 2 is 2.00 bits per heavy atom. The Morgan fingerprint density at radius 3 is 2.73 bits per heavy atom. The molecule has 1 unspecified atom stereocenters. The third-order valence-electron chi connectivity index (χ3n) is 2.64. The van der Waals surface area contributed by atoms with Gasteiger partial charge in [-0.2, -0.15) is 13.2 Å². The van der Waals surface area contributed by atoms with Gasteiger partial charge in [0.2, 0.25) is 0 Å². The fourth-order valence-corrected chi connectivity index (χ4v) is 1.78. The monoisotopic (exact) mass is 224 g/mol. The van der Waals surface area contributed by atoms with Crippen LogP contribution in [0.3, 0.4) is 0 Å². The molecule has 1 aliphatic rings. The second-order valence-corrected chi connectivity index (χ2v) is 4.07. The lowest BCUT2D eigenvalue weighted by molar-refractivity contribution is -0.133. The molecule has 0 aromatic carbocycles. The highest BCUT2D eigenvalue weighted by Gasteiger charge is 2.26. The molecular weight excluding hydrogens is 205 g/mol. The average Bonchev–Trinajstić information content (AvgIpc) is 2.39. The summed E-state index contributed by atoms with van der Waals surface area (Å²) in [7, 11) is 0. The molecule has 90 valence electrons. The van der Waals surface area contributed by atoms with Crippen LogP contribution in [0.2, 0.25) is 0 Å². The Kier molecular flexibility index (Phi) is 5.39. The van der Waals surface area contributed by atoms with Crippen molar-refractivity contribution in [3.05, 3.63) is 0 Å². The van der Waals surface area contributed by atoms with E-state index in [4.69, 9.17) is 0 Å². The third kappa shape index (κ3) is 6.73. The summed E-state index contributed by atoms with van der Waals surface area (Å²) in [5.74, 6) is 0. The van der Waals surface area contributed by atoms with Gasteiger partial charge >= 0.3 is 6.18 Å². The second kappa shape index (κ2) is 6.33. The number of nitrogens with one attached hydrogen (secondary N) is 2. The van der Waals surface area contributed by atoms with Crippen LogP contribution in [0.15, 0.2) is 0 Å². The van der Waals surface area contributed by atoms with Gasteiger partial charge in [0.25, 0.3) is 0 Å². The number of hydrogen-bond donors (Lipinski definition) is 2. The lowest BCUT2D eigenvalue weighted by Crippen LogP contribution is -2.39. The molecule has 1 heterocycles. The predicted octanol–water partition coefficient (Wildman–Crippen LogP) is 2.06. The van der Waals surface area contributed by atoms with Crippen LogP contribution in [0.5, 0.6) is 0 Å². The van der Waals surface area contributed by atoms with Crippen LogP contribution >= 0.6 is 0 Å². The molecule has 0 bridgehead atoms. The maximum absolute atomic E-state index is 11.8. The summed E-state index contributed by atoms with van der Waals surface area (Å²) in [6.45, 7) is 1.67. The van der Waals surface area contributed by atoms with Crippen LogP contribution in [0.4, 0.5) is 13.2 Å². The van der Waals surface area contributed by atoms with Gasteiger partial charge in [-0.15, -0.1) is 0 Å². The van der Waals surface area contributed by atoms with E-state index in [0.29, 0.717) is 12.6 Å². The summed E-state index contributed by atoms with van der Waals surface area (Å²) in [6, 6.07) is 0.348. The molecule has 1 rings (SSSR count). The van der Waals surface area contributed by atoms with Gasteiger partial charge in [-0.1, -0.05) is 12.8 Å². The second-order valence-electron chi connectivity index (χ2n) is 4.07. The Bertz CT molecular complexity index is 163. The number of rotatable bonds is 4. The molecule has 0 amide bonds. The van der Waals surface area contributed by atoms with Crippen molar-refractivity contribution in [1.29, 1.82) is 0 Å². The van der Waals surface area contributed by atoms with Crippen LogP contribution in [0.25, 0.3) is 0 Å². The van der Waals surface area contributed by atoms with E-state index in [2.05, 4.69) is 10.6 Å². The van der Waals surface area contributed by atoms with Crippen LogP contribution in [-0.2, 0) is 0 Å². The first-order valence-corrected chi connectivity index (χ1v) is 5.59. The minimum Gasteiger partial charge on any atom is -0.315 e. The van der Waals surface area contributed by atoms with E-state index >= 15 is 0 Å². The molecule has 1 fully saturated rings. The Morgan fingerprint density at radius 1 is 1.20 bits per heavy atom. The zero-order valence-electron chi connectivity index (χ0n) is 8.87. The van der Waals surface area contributed by atoms with Gasteiger partial charge in [-0.3, -0.25) is 0 Å². The molecule has 0 aliphatic carbocycles. The Hall–Kier alpha value is -0.290. The molecule has 15 heavy (non-hydrogen) atoms. The SMILES string of the molecule is FC(F)(F)CCNCC1CCCCCN1. The summed E-state index contributed by atoms with van der Waals surface area (Å²) in [5.41, 5.74) is 0. The molecule has 1 aliphatic heterocycles. The van der Waals surface area contributed by atoms with Gasteiger partial charge in [-0.25, -0.2) is 0 Å². The maximum atomic E-state index is 11.8. The average molecular weight is 224 g/mol. The molecule has 0 radical (unpaired) electrons. The van der Waals surface area contributed by atoms with Gasteiger partial charge in [0.05, 0.1) is 6.42 Å². The lowest BCUT2D eigenvalue weighted by Gasteiger charge is -2.16. The quantitative estimate of drug-likeness (QED) is 0.714. The molecule has 5 heteroatoms. The molecule has 0 saturated carbocycles. The van der Waals surface area contributed by atoms with E-state index in [1.54, 1.807) is 0 Å². The van der Waals surface area contributed by atoms with Gasteiger partial charge in [0.15, 0.2) is 0 Å². The molecule has 2 nitrogen and oxygen atoms in total. The van der Waals surface area contributed by atoms with Crippen molar-refractivity contribution in [3.8, 4) is 0 Å². The Labute approximate surface area is 88.6 Å². The molecule has 0 aromatic rings. The zero-order chi connectivity index (χ0) is 11.1. The third-order valence-corrected chi connectivity index (χ3v) is 2.64. The fraction of sp³-hybridized carbons (Fsp3) is 1.00. The normalized spacial score (nSPS) is 23.8. The van der Waals surface area contributed by atoms with E-state index in [0.717, 1.165) is 13.0 Å². The van der Waals surface area contributed by atoms with E-state index in [1.165, 1.54) is 19.3 Å². The van der Waals surface area contributed by atoms with Crippen molar-refractivity contribution in [3.63, 3.8) is 0 Å². The van der Waals surface area contributed by atoms with Crippen molar-refractivity contribution < 1.29 is 13.2 Å². The van der Waals surface area contributed by atoms with Crippen molar-refractivity contribution in [1.82, 2.24) is 10.6 Å². The van der Waals surface area contributed by atoms with E-state index in [-0.39, 0.29) is 6.54 Å². The molecule has 1 atom stereocenters. The summed E-state index contributed by atoms with van der Waals surface area (Å²) in [6.07, 6.45) is -0.119. The Balaban J connectivity index is 2.03. The summed E-state index contributed by atoms with van der Waals surface area (Å²) < 4.78 is 35.5. The smallest absolute Gasteiger partial charge is 0.315 e. The van der Waals surface area contributed by atoms with Gasteiger partial charge in [0.1, 0.15) is 0 Å². The van der Waals surface area contributed by atoms with Crippen molar-refractivity contribution >= 4 is 0 Å². The highest BCUT2D eigenvalue weighted by molar-refractivity contribution is 4.73. The topological polar surface area (TPSA) is 24.1 Å². The van der Waals surface area contributed by atoms with Crippen LogP contribution in [0, 0.1) is 0 Å². The van der Waals surface area contributed by atoms with E-state index in [9.17, 15) is 13.2 Å². The largest absolute Gasteiger partial charge is 0.390 e. The first-order valence-electron chi connectivity index (χ1n) is 5.59. The van der Waals surface area contributed by atoms with Crippen molar-refractivity contribution in [2.24, 2.45) is 0 Å². The molecule has 1 saturated heterocycles. The minimum absolute atomic E-state index is 0.0294. The van der Waals surface area contributed by atoms with Gasteiger partial charge in [0, 0.05) is 19.1 Å². The van der Waals surface area contributed by atoms with Crippen LogP contribution in [0.1, 0.15) is 32.1 Å².